The highest BCUT2D eigenvalue weighted by atomic mass is 19.1. The number of halogens is 1. The molecule has 0 aliphatic carbocycles. The van der Waals surface area contributed by atoms with Crippen molar-refractivity contribution in [2.24, 2.45) is 5.92 Å². The van der Waals surface area contributed by atoms with Crippen LogP contribution in [0.15, 0.2) is 48.7 Å². The average Bonchev–Trinajstić information content (AvgIpc) is 3.20. The van der Waals surface area contributed by atoms with Crippen molar-refractivity contribution in [2.45, 2.75) is 45.6 Å². The van der Waals surface area contributed by atoms with E-state index in [9.17, 15) is 9.18 Å². The van der Waals surface area contributed by atoms with E-state index < -0.39 is 0 Å². The molecule has 6 nitrogen and oxygen atoms in total. The van der Waals surface area contributed by atoms with E-state index in [1.807, 2.05) is 51.1 Å². The van der Waals surface area contributed by atoms with E-state index in [1.165, 1.54) is 12.5 Å². The van der Waals surface area contributed by atoms with Gasteiger partial charge in [-0.25, -0.2) is 4.39 Å². The lowest BCUT2D eigenvalue weighted by Crippen LogP contribution is -2.39. The Kier molecular flexibility index (Phi) is 8.08. The number of hydrogen-bond acceptors (Lipinski definition) is 5. The van der Waals surface area contributed by atoms with Gasteiger partial charge in [0, 0.05) is 24.8 Å². The van der Waals surface area contributed by atoms with Crippen molar-refractivity contribution in [3.8, 4) is 5.75 Å². The number of nitrogens with one attached hydrogen (secondary N) is 1. The predicted molar refractivity (Wildman–Crippen MR) is 128 cm³/mol. The smallest absolute Gasteiger partial charge is 0.303 e. The second-order valence-corrected chi connectivity index (χ2v) is 9.61. The van der Waals surface area contributed by atoms with Gasteiger partial charge in [-0.3, -0.25) is 9.89 Å². The topological polar surface area (TPSA) is 67.4 Å². The average molecular weight is 456 g/mol. The summed E-state index contributed by atoms with van der Waals surface area (Å²) in [5.74, 6) is 1.23. The highest BCUT2D eigenvalue weighted by Crippen LogP contribution is 2.33. The van der Waals surface area contributed by atoms with E-state index in [2.05, 4.69) is 22.1 Å². The van der Waals surface area contributed by atoms with Gasteiger partial charge in [-0.15, -0.1) is 0 Å². The van der Waals surface area contributed by atoms with Crippen molar-refractivity contribution in [3.05, 3.63) is 60.0 Å². The number of esters is 1. The van der Waals surface area contributed by atoms with Crippen molar-refractivity contribution in [1.82, 2.24) is 15.1 Å². The number of nitrogens with zero attached hydrogens (tertiary/aromatic N) is 2. The Balaban J connectivity index is 0.000000331. The molecule has 1 aliphatic heterocycles. The van der Waals surface area contributed by atoms with Crippen LogP contribution in [0.5, 0.6) is 5.75 Å². The number of carbonyl (C=O) groups is 1. The van der Waals surface area contributed by atoms with Gasteiger partial charge in [-0.05, 0) is 82.6 Å². The Morgan fingerprint density at radius 3 is 2.58 bits per heavy atom. The Bertz CT molecular complexity index is 1040. The number of piperidine rings is 1. The van der Waals surface area contributed by atoms with Crippen molar-refractivity contribution >= 4 is 16.9 Å². The fourth-order valence-electron chi connectivity index (χ4n) is 4.18. The first-order chi connectivity index (χ1) is 15.6. The monoisotopic (exact) mass is 455 g/mol. The standard InChI is InChI=1S/C20H22FN3O.C6H12O2/c1-24-9-8-19(14-2-4-17(21)5-3-14)16(12-24)13-25-18-6-7-20-15(10-18)11-22-23-20;1-5(7)8-6(2,3)4/h2-7,10-11,16,19H,8-9,12-13H2,1H3,(H,22,23);1-4H3/t16-,19-;/m0./s1. The Hall–Kier alpha value is -2.93. The second-order valence-electron chi connectivity index (χ2n) is 9.61. The Labute approximate surface area is 195 Å². The van der Waals surface area contributed by atoms with E-state index in [0.29, 0.717) is 18.4 Å². The molecule has 2 aromatic carbocycles. The van der Waals surface area contributed by atoms with Crippen molar-refractivity contribution in [2.75, 3.05) is 26.7 Å². The van der Waals surface area contributed by atoms with Crippen LogP contribution < -0.4 is 4.74 Å². The van der Waals surface area contributed by atoms with Gasteiger partial charge < -0.3 is 14.4 Å². The first kappa shape index (κ1) is 24.7. The highest BCUT2D eigenvalue weighted by molar-refractivity contribution is 5.79. The third-order valence-electron chi connectivity index (χ3n) is 5.56. The van der Waals surface area contributed by atoms with Crippen LogP contribution in [0.4, 0.5) is 4.39 Å². The van der Waals surface area contributed by atoms with Crippen molar-refractivity contribution < 1.29 is 18.7 Å². The number of carbonyl (C=O) groups excluding carboxylic acids is 1. The third-order valence-corrected chi connectivity index (χ3v) is 5.56. The minimum Gasteiger partial charge on any atom is -0.493 e. The van der Waals surface area contributed by atoms with Gasteiger partial charge in [0.25, 0.3) is 0 Å². The zero-order valence-corrected chi connectivity index (χ0v) is 20.1. The lowest BCUT2D eigenvalue weighted by Gasteiger charge is -2.37. The summed E-state index contributed by atoms with van der Waals surface area (Å²) in [6.07, 6.45) is 2.87. The zero-order valence-electron chi connectivity index (χ0n) is 20.1. The van der Waals surface area contributed by atoms with Crippen molar-refractivity contribution in [3.63, 3.8) is 0 Å². The number of aromatic amines is 1. The molecule has 0 bridgehead atoms. The molecule has 178 valence electrons. The zero-order chi connectivity index (χ0) is 24.0. The molecule has 0 unspecified atom stereocenters. The summed E-state index contributed by atoms with van der Waals surface area (Å²) in [6.45, 7) is 9.62. The maximum Gasteiger partial charge on any atom is 0.303 e. The van der Waals surface area contributed by atoms with E-state index >= 15 is 0 Å². The summed E-state index contributed by atoms with van der Waals surface area (Å²) in [4.78, 5) is 12.6. The summed E-state index contributed by atoms with van der Waals surface area (Å²) < 4.78 is 24.1. The first-order valence-electron chi connectivity index (χ1n) is 11.3. The van der Waals surface area contributed by atoms with Crippen LogP contribution in [0.1, 0.15) is 45.6 Å². The van der Waals surface area contributed by atoms with Crippen LogP contribution in [0.25, 0.3) is 10.9 Å². The number of H-pyrrole nitrogens is 1. The molecule has 33 heavy (non-hydrogen) atoms. The molecule has 1 aromatic heterocycles. The minimum atomic E-state index is -0.328. The van der Waals surface area contributed by atoms with Gasteiger partial charge in [0.2, 0.25) is 0 Å². The van der Waals surface area contributed by atoms with Crippen LogP contribution >= 0.6 is 0 Å². The highest BCUT2D eigenvalue weighted by Gasteiger charge is 2.29. The molecule has 1 N–H and O–H groups in total. The number of likely N-dealkylation sites (tertiary alicyclic amines) is 1. The summed E-state index contributed by atoms with van der Waals surface area (Å²) in [7, 11) is 2.14. The van der Waals surface area contributed by atoms with Crippen LogP contribution in [0, 0.1) is 11.7 Å². The summed E-state index contributed by atoms with van der Waals surface area (Å²) >= 11 is 0. The van der Waals surface area contributed by atoms with Gasteiger partial charge in [0.1, 0.15) is 17.2 Å². The molecule has 0 amide bonds. The summed E-state index contributed by atoms with van der Waals surface area (Å²) in [5.41, 5.74) is 1.88. The van der Waals surface area contributed by atoms with Crippen LogP contribution in [-0.4, -0.2) is 53.4 Å². The number of aromatic nitrogens is 2. The second kappa shape index (κ2) is 10.8. The Morgan fingerprint density at radius 1 is 1.21 bits per heavy atom. The molecule has 1 aliphatic rings. The molecule has 0 spiro atoms. The molecule has 1 fully saturated rings. The lowest BCUT2D eigenvalue weighted by atomic mass is 9.81. The summed E-state index contributed by atoms with van der Waals surface area (Å²) in [5, 5.41) is 8.04. The Morgan fingerprint density at radius 2 is 1.94 bits per heavy atom. The van der Waals surface area contributed by atoms with Gasteiger partial charge in [0.05, 0.1) is 18.3 Å². The van der Waals surface area contributed by atoms with Gasteiger partial charge in [-0.2, -0.15) is 5.10 Å². The number of fused-ring (bicyclic) bond motifs is 1. The van der Waals surface area contributed by atoms with Crippen LogP contribution in [-0.2, 0) is 9.53 Å². The van der Waals surface area contributed by atoms with Crippen LogP contribution in [0.3, 0.4) is 0 Å². The molecule has 2 heterocycles. The lowest BCUT2D eigenvalue weighted by molar-refractivity contribution is -0.151. The van der Waals surface area contributed by atoms with Crippen LogP contribution in [0.2, 0.25) is 0 Å². The number of benzene rings is 2. The van der Waals surface area contributed by atoms with E-state index in [0.717, 1.165) is 36.2 Å². The quantitative estimate of drug-likeness (QED) is 0.550. The molecule has 7 heteroatoms. The normalized spacial score (nSPS) is 19.0. The van der Waals surface area contributed by atoms with E-state index in [-0.39, 0.29) is 17.4 Å². The molecule has 4 rings (SSSR count). The fraction of sp³-hybridized carbons (Fsp3) is 0.462. The number of hydrogen-bond donors (Lipinski definition) is 1. The maximum atomic E-state index is 13.2. The fourth-order valence-corrected chi connectivity index (χ4v) is 4.18. The largest absolute Gasteiger partial charge is 0.493 e. The van der Waals surface area contributed by atoms with E-state index in [4.69, 9.17) is 9.47 Å². The SMILES string of the molecule is CC(=O)OC(C)(C)C.CN1CC[C@@H](c2ccc(F)cc2)[C@H](COc2ccc3[nH]ncc3c2)C1. The minimum absolute atomic E-state index is 0.183. The van der Waals surface area contributed by atoms with Crippen molar-refractivity contribution in [1.29, 1.82) is 0 Å². The third kappa shape index (κ3) is 7.56. The molecular formula is C26H34FN3O3. The summed E-state index contributed by atoms with van der Waals surface area (Å²) in [6, 6.07) is 12.9. The molecule has 0 radical (unpaired) electrons. The van der Waals surface area contributed by atoms with Gasteiger partial charge in [-0.1, -0.05) is 12.1 Å². The number of rotatable bonds is 4. The van der Waals surface area contributed by atoms with E-state index in [1.54, 1.807) is 18.3 Å². The van der Waals surface area contributed by atoms with Gasteiger partial charge >= 0.3 is 5.97 Å². The first-order valence-corrected chi connectivity index (χ1v) is 11.3. The maximum absolute atomic E-state index is 13.2. The molecular weight excluding hydrogens is 421 g/mol. The molecule has 1 saturated heterocycles. The molecule has 0 saturated carbocycles. The molecule has 2 atom stereocenters. The predicted octanol–water partition coefficient (Wildman–Crippen LogP) is 5.16. The number of ether oxygens (including phenoxy) is 2. The molecule has 3 aromatic rings. The van der Waals surface area contributed by atoms with Gasteiger partial charge in [0.15, 0.2) is 0 Å².